The van der Waals surface area contributed by atoms with Gasteiger partial charge < -0.3 is 15.0 Å². The van der Waals surface area contributed by atoms with Crippen LogP contribution in [0.5, 0.6) is 5.75 Å². The third-order valence-corrected chi connectivity index (χ3v) is 4.05. The highest BCUT2D eigenvalue weighted by Gasteiger charge is 2.31. The SMILES string of the molecule is CC(=O)N1CC[C@H](NCc2cccc(OC(F)(F)F)c2)[C@H](C)C1. The smallest absolute Gasteiger partial charge is 0.406 e. The van der Waals surface area contributed by atoms with E-state index in [1.54, 1.807) is 19.1 Å². The van der Waals surface area contributed by atoms with Gasteiger partial charge in [0.05, 0.1) is 0 Å². The summed E-state index contributed by atoms with van der Waals surface area (Å²) in [4.78, 5) is 13.2. The topological polar surface area (TPSA) is 41.6 Å². The van der Waals surface area contributed by atoms with Gasteiger partial charge in [0.15, 0.2) is 0 Å². The third-order valence-electron chi connectivity index (χ3n) is 4.05. The van der Waals surface area contributed by atoms with Crippen LogP contribution in [-0.2, 0) is 11.3 Å². The van der Waals surface area contributed by atoms with Crippen LogP contribution in [0.15, 0.2) is 24.3 Å². The van der Waals surface area contributed by atoms with Crippen molar-refractivity contribution in [1.82, 2.24) is 10.2 Å². The molecule has 0 unspecified atom stereocenters. The van der Waals surface area contributed by atoms with Gasteiger partial charge in [0, 0.05) is 32.6 Å². The molecule has 1 aromatic carbocycles. The number of likely N-dealkylation sites (tertiary alicyclic amines) is 1. The van der Waals surface area contributed by atoms with Crippen molar-refractivity contribution >= 4 is 5.91 Å². The average molecular weight is 330 g/mol. The van der Waals surface area contributed by atoms with E-state index >= 15 is 0 Å². The molecule has 1 fully saturated rings. The average Bonchev–Trinajstić information content (AvgIpc) is 2.44. The van der Waals surface area contributed by atoms with Crippen LogP contribution in [0.1, 0.15) is 25.8 Å². The minimum Gasteiger partial charge on any atom is -0.406 e. The van der Waals surface area contributed by atoms with Crippen molar-refractivity contribution in [2.75, 3.05) is 13.1 Å². The number of nitrogens with zero attached hydrogens (tertiary/aromatic N) is 1. The normalized spacial score (nSPS) is 22.0. The maximum absolute atomic E-state index is 12.2. The zero-order chi connectivity index (χ0) is 17.0. The Balaban J connectivity index is 1.89. The fourth-order valence-electron chi connectivity index (χ4n) is 2.84. The summed E-state index contributed by atoms with van der Waals surface area (Å²) in [5.41, 5.74) is 0.730. The molecule has 0 aromatic heterocycles. The lowest BCUT2D eigenvalue weighted by Crippen LogP contribution is -2.49. The number of piperidine rings is 1. The molecule has 1 amide bonds. The lowest BCUT2D eigenvalue weighted by Gasteiger charge is -2.37. The van der Waals surface area contributed by atoms with Crippen LogP contribution in [0.2, 0.25) is 0 Å². The van der Waals surface area contributed by atoms with Gasteiger partial charge in [-0.25, -0.2) is 0 Å². The number of hydrogen-bond acceptors (Lipinski definition) is 3. The summed E-state index contributed by atoms with van der Waals surface area (Å²) in [5.74, 6) is 0.158. The summed E-state index contributed by atoms with van der Waals surface area (Å²) < 4.78 is 40.6. The first-order valence-corrected chi connectivity index (χ1v) is 7.58. The van der Waals surface area contributed by atoms with Gasteiger partial charge in [0.1, 0.15) is 5.75 Å². The van der Waals surface area contributed by atoms with Crippen molar-refractivity contribution in [2.45, 2.75) is 39.2 Å². The minimum atomic E-state index is -4.68. The summed E-state index contributed by atoms with van der Waals surface area (Å²) in [6.07, 6.45) is -3.85. The zero-order valence-corrected chi connectivity index (χ0v) is 13.2. The first-order chi connectivity index (χ1) is 10.7. The fraction of sp³-hybridized carbons (Fsp3) is 0.562. The third kappa shape index (κ3) is 5.42. The van der Waals surface area contributed by atoms with E-state index in [9.17, 15) is 18.0 Å². The Kier molecular flexibility index (Phi) is 5.51. The van der Waals surface area contributed by atoms with Gasteiger partial charge in [-0.15, -0.1) is 13.2 Å². The second-order valence-corrected chi connectivity index (χ2v) is 5.91. The number of ether oxygens (including phenoxy) is 1. The summed E-state index contributed by atoms with van der Waals surface area (Å²) in [6.45, 7) is 5.49. The van der Waals surface area contributed by atoms with Gasteiger partial charge in [-0.2, -0.15) is 0 Å². The Hall–Kier alpha value is -1.76. The van der Waals surface area contributed by atoms with Crippen LogP contribution in [0.25, 0.3) is 0 Å². The number of halogens is 3. The molecule has 2 rings (SSSR count). The first kappa shape index (κ1) is 17.6. The van der Waals surface area contributed by atoms with Crippen molar-refractivity contribution in [1.29, 1.82) is 0 Å². The van der Waals surface area contributed by atoms with Crippen LogP contribution in [0, 0.1) is 5.92 Å². The predicted molar refractivity (Wildman–Crippen MR) is 79.8 cm³/mol. The van der Waals surface area contributed by atoms with E-state index in [2.05, 4.69) is 17.0 Å². The largest absolute Gasteiger partial charge is 0.573 e. The molecule has 23 heavy (non-hydrogen) atoms. The maximum atomic E-state index is 12.2. The minimum absolute atomic E-state index is 0.0762. The van der Waals surface area contributed by atoms with Crippen molar-refractivity contribution in [3.05, 3.63) is 29.8 Å². The van der Waals surface area contributed by atoms with Gasteiger partial charge in [0.2, 0.25) is 5.91 Å². The molecule has 1 N–H and O–H groups in total. The number of rotatable bonds is 4. The number of benzene rings is 1. The molecule has 0 radical (unpaired) electrons. The molecule has 128 valence electrons. The van der Waals surface area contributed by atoms with Crippen molar-refractivity contribution in [3.63, 3.8) is 0 Å². The zero-order valence-electron chi connectivity index (χ0n) is 13.2. The number of hydrogen-bond donors (Lipinski definition) is 1. The van der Waals surface area contributed by atoms with E-state index in [0.29, 0.717) is 25.6 Å². The first-order valence-electron chi connectivity index (χ1n) is 7.58. The Bertz CT molecular complexity index is 548. The molecule has 0 aliphatic carbocycles. The molecule has 1 aliphatic rings. The standard InChI is InChI=1S/C16H21F3N2O2/c1-11-10-21(12(2)22)7-6-15(11)20-9-13-4-3-5-14(8-13)23-16(17,18)19/h3-5,8,11,15,20H,6-7,9-10H2,1-2H3/t11-,15+/m1/s1. The van der Waals surface area contributed by atoms with Crippen LogP contribution >= 0.6 is 0 Å². The Morgan fingerprint density at radius 1 is 1.43 bits per heavy atom. The van der Waals surface area contributed by atoms with Crippen molar-refractivity contribution in [3.8, 4) is 5.75 Å². The lowest BCUT2D eigenvalue weighted by molar-refractivity contribution is -0.274. The second-order valence-electron chi connectivity index (χ2n) is 5.91. The molecular weight excluding hydrogens is 309 g/mol. The molecule has 1 saturated heterocycles. The Morgan fingerprint density at radius 2 is 2.17 bits per heavy atom. The van der Waals surface area contributed by atoms with E-state index in [-0.39, 0.29) is 17.7 Å². The highest BCUT2D eigenvalue weighted by molar-refractivity contribution is 5.73. The van der Waals surface area contributed by atoms with Crippen molar-refractivity contribution in [2.24, 2.45) is 5.92 Å². The molecule has 1 aliphatic heterocycles. The summed E-state index contributed by atoms with van der Waals surface area (Å²) >= 11 is 0. The number of alkyl halides is 3. The van der Waals surface area contributed by atoms with E-state index in [4.69, 9.17) is 0 Å². The summed E-state index contributed by atoms with van der Waals surface area (Å²) in [7, 11) is 0. The van der Waals surface area contributed by atoms with Gasteiger partial charge in [-0.3, -0.25) is 4.79 Å². The molecule has 4 nitrogen and oxygen atoms in total. The maximum Gasteiger partial charge on any atom is 0.573 e. The van der Waals surface area contributed by atoms with E-state index in [1.165, 1.54) is 12.1 Å². The molecule has 1 heterocycles. The van der Waals surface area contributed by atoms with E-state index in [1.807, 2.05) is 4.90 Å². The monoisotopic (exact) mass is 330 g/mol. The molecule has 0 spiro atoms. The van der Waals surface area contributed by atoms with Crippen LogP contribution < -0.4 is 10.1 Å². The lowest BCUT2D eigenvalue weighted by atomic mass is 9.93. The van der Waals surface area contributed by atoms with E-state index < -0.39 is 6.36 Å². The number of carbonyl (C=O) groups is 1. The Morgan fingerprint density at radius 3 is 2.78 bits per heavy atom. The highest BCUT2D eigenvalue weighted by atomic mass is 19.4. The molecule has 7 heteroatoms. The van der Waals surface area contributed by atoms with Crippen LogP contribution in [-0.4, -0.2) is 36.3 Å². The molecule has 0 saturated carbocycles. The number of nitrogens with one attached hydrogen (secondary N) is 1. The molecule has 1 aromatic rings. The van der Waals surface area contributed by atoms with E-state index in [0.717, 1.165) is 12.0 Å². The van der Waals surface area contributed by atoms with Gasteiger partial charge in [0.25, 0.3) is 0 Å². The molecule has 0 bridgehead atoms. The van der Waals surface area contributed by atoms with Crippen LogP contribution in [0.3, 0.4) is 0 Å². The number of carbonyl (C=O) groups excluding carboxylic acids is 1. The van der Waals surface area contributed by atoms with Crippen LogP contribution in [0.4, 0.5) is 13.2 Å². The Labute approximate surface area is 133 Å². The quantitative estimate of drug-likeness (QED) is 0.923. The summed E-state index contributed by atoms with van der Waals surface area (Å²) in [5, 5.41) is 3.36. The van der Waals surface area contributed by atoms with Gasteiger partial charge in [-0.05, 0) is 30.0 Å². The predicted octanol–water partition coefficient (Wildman–Crippen LogP) is 2.93. The second kappa shape index (κ2) is 7.21. The highest BCUT2D eigenvalue weighted by Crippen LogP contribution is 2.24. The fourth-order valence-corrected chi connectivity index (χ4v) is 2.84. The molecular formula is C16H21F3N2O2. The van der Waals surface area contributed by atoms with Crippen molar-refractivity contribution < 1.29 is 22.7 Å². The number of amides is 1. The summed E-state index contributed by atoms with van der Waals surface area (Å²) in [6, 6.07) is 6.20. The van der Waals surface area contributed by atoms with Gasteiger partial charge >= 0.3 is 6.36 Å². The molecule has 2 atom stereocenters. The van der Waals surface area contributed by atoms with Gasteiger partial charge in [-0.1, -0.05) is 19.1 Å².